The molecule has 0 aromatic heterocycles. The van der Waals surface area contributed by atoms with Crippen LogP contribution in [0.25, 0.3) is 5.57 Å². The normalized spacial score (nSPS) is 13.2. The van der Waals surface area contributed by atoms with Crippen molar-refractivity contribution in [2.45, 2.75) is 0 Å². The maximum atomic E-state index is 4.22. The second kappa shape index (κ2) is 3.52. The van der Waals surface area contributed by atoms with Crippen molar-refractivity contribution in [3.05, 3.63) is 66.2 Å². The first-order valence-electron chi connectivity index (χ1n) is 4.92. The van der Waals surface area contributed by atoms with Gasteiger partial charge >= 0.3 is 100.0 Å². The Labute approximate surface area is 99.7 Å². The fourth-order valence-corrected chi connectivity index (χ4v) is 5.11. The number of hydrogen-bond donors (Lipinski definition) is 0. The van der Waals surface area contributed by atoms with Crippen molar-refractivity contribution >= 4 is 33.7 Å². The topological polar surface area (TPSA) is 0 Å². The fourth-order valence-electron chi connectivity index (χ4n) is 1.87. The third-order valence-corrected chi connectivity index (χ3v) is 5.93. The van der Waals surface area contributed by atoms with Gasteiger partial charge in [0.25, 0.3) is 0 Å². The van der Waals surface area contributed by atoms with Gasteiger partial charge in [-0.05, 0) is 0 Å². The van der Waals surface area contributed by atoms with Gasteiger partial charge in [0.1, 0.15) is 0 Å². The third-order valence-electron chi connectivity index (χ3n) is 2.64. The number of hydrogen-bond acceptors (Lipinski definition) is 0. The summed E-state index contributed by atoms with van der Waals surface area (Å²) in [7, 11) is 0. The molecule has 0 amide bonds. The van der Waals surface area contributed by atoms with Gasteiger partial charge in [0.15, 0.2) is 0 Å². The molecule has 1 heterocycles. The van der Waals surface area contributed by atoms with Gasteiger partial charge < -0.3 is 0 Å². The molecule has 1 aliphatic heterocycles. The van der Waals surface area contributed by atoms with E-state index in [0.717, 1.165) is 0 Å². The molecule has 0 saturated carbocycles. The quantitative estimate of drug-likeness (QED) is 0.555. The van der Waals surface area contributed by atoms with E-state index < -0.39 is 0 Å². The van der Waals surface area contributed by atoms with Crippen LogP contribution in [0.1, 0.15) is 11.1 Å². The van der Waals surface area contributed by atoms with E-state index in [-0.39, 0.29) is 20.9 Å². The second-order valence-corrected chi connectivity index (χ2v) is 6.67. The van der Waals surface area contributed by atoms with Crippen LogP contribution < -0.4 is 7.22 Å². The molecule has 0 atom stereocenters. The molecule has 0 radical (unpaired) electrons. The van der Waals surface area contributed by atoms with Crippen molar-refractivity contribution in [2.24, 2.45) is 0 Å². The monoisotopic (exact) mass is 308 g/mol. The molecule has 15 heavy (non-hydrogen) atoms. The van der Waals surface area contributed by atoms with E-state index in [1.807, 2.05) is 0 Å². The number of benzene rings is 2. The van der Waals surface area contributed by atoms with Gasteiger partial charge in [0.05, 0.1) is 0 Å². The van der Waals surface area contributed by atoms with Gasteiger partial charge in [0, 0.05) is 0 Å². The minimum absolute atomic E-state index is 0.203. The predicted octanol–water partition coefficient (Wildman–Crippen LogP) is 1.72. The van der Waals surface area contributed by atoms with Crippen molar-refractivity contribution in [1.29, 1.82) is 0 Å². The van der Waals surface area contributed by atoms with E-state index in [9.17, 15) is 0 Å². The summed E-state index contributed by atoms with van der Waals surface area (Å²) in [6.45, 7) is 4.22. The Kier molecular flexibility index (Phi) is 2.16. The Morgan fingerprint density at radius 2 is 1.20 bits per heavy atom. The first kappa shape index (κ1) is 9.21. The average Bonchev–Trinajstić information content (AvgIpc) is 2.30. The molecule has 0 saturated heterocycles. The molecule has 0 bridgehead atoms. The molecular weight excluding hydrogens is 296 g/mol. The molecule has 0 fully saturated rings. The average molecular weight is 306 g/mol. The molecular formula is C14H10Te. The van der Waals surface area contributed by atoms with Gasteiger partial charge in [-0.1, -0.05) is 0 Å². The van der Waals surface area contributed by atoms with Crippen molar-refractivity contribution in [1.82, 2.24) is 0 Å². The van der Waals surface area contributed by atoms with E-state index in [0.29, 0.717) is 0 Å². The molecule has 1 aliphatic rings. The zero-order valence-corrected chi connectivity index (χ0v) is 10.6. The van der Waals surface area contributed by atoms with Crippen LogP contribution in [0.2, 0.25) is 0 Å². The predicted molar refractivity (Wildman–Crippen MR) is 66.0 cm³/mol. The molecule has 0 nitrogen and oxygen atoms in total. The van der Waals surface area contributed by atoms with Crippen molar-refractivity contribution in [3.63, 3.8) is 0 Å². The summed E-state index contributed by atoms with van der Waals surface area (Å²) in [5.74, 6) is 0. The van der Waals surface area contributed by atoms with Gasteiger partial charge in [-0.3, -0.25) is 0 Å². The van der Waals surface area contributed by atoms with Crippen LogP contribution >= 0.6 is 0 Å². The Hall–Kier alpha value is -1.03. The molecule has 0 aliphatic carbocycles. The van der Waals surface area contributed by atoms with E-state index in [1.54, 1.807) is 0 Å². The number of fused-ring (bicyclic) bond motifs is 2. The van der Waals surface area contributed by atoms with Gasteiger partial charge in [-0.25, -0.2) is 0 Å². The van der Waals surface area contributed by atoms with Crippen LogP contribution in [0.15, 0.2) is 55.1 Å². The number of rotatable bonds is 0. The van der Waals surface area contributed by atoms with Crippen LogP contribution in [-0.4, -0.2) is 20.9 Å². The van der Waals surface area contributed by atoms with Crippen LogP contribution in [0.3, 0.4) is 0 Å². The van der Waals surface area contributed by atoms with Crippen molar-refractivity contribution in [3.8, 4) is 0 Å². The van der Waals surface area contributed by atoms with E-state index in [2.05, 4.69) is 55.1 Å². The van der Waals surface area contributed by atoms with E-state index >= 15 is 0 Å². The molecule has 0 spiro atoms. The molecule has 1 heteroatoms. The minimum atomic E-state index is -0.203. The summed E-state index contributed by atoms with van der Waals surface area (Å²) in [5, 5.41) is 0. The fraction of sp³-hybridized carbons (Fsp3) is 0. The molecule has 0 unspecified atom stereocenters. The standard InChI is InChI=1S/C14H10Te/c1-10-11-6-2-4-8-13(11)15-14-9-5-3-7-12(10)14/h2-9H,1H2. The van der Waals surface area contributed by atoms with Crippen LogP contribution in [-0.2, 0) is 0 Å². The first-order chi connectivity index (χ1) is 7.36. The summed E-state index contributed by atoms with van der Waals surface area (Å²) in [6, 6.07) is 17.3. The Morgan fingerprint density at radius 3 is 1.73 bits per heavy atom. The van der Waals surface area contributed by atoms with Gasteiger partial charge in [-0.15, -0.1) is 0 Å². The maximum absolute atomic E-state index is 4.22. The SMILES string of the molecule is C=C1c2ccccc2[Te]c2ccccc21. The van der Waals surface area contributed by atoms with E-state index in [4.69, 9.17) is 0 Å². The molecule has 2 aromatic rings. The summed E-state index contributed by atoms with van der Waals surface area (Å²) < 4.78 is 3.04. The van der Waals surface area contributed by atoms with Crippen molar-refractivity contribution < 1.29 is 0 Å². The molecule has 3 rings (SSSR count). The Balaban J connectivity index is 2.24. The second-order valence-electron chi connectivity index (χ2n) is 3.57. The van der Waals surface area contributed by atoms with Gasteiger partial charge in [0.2, 0.25) is 0 Å². The summed E-state index contributed by atoms with van der Waals surface area (Å²) in [4.78, 5) is 0. The molecule has 2 aromatic carbocycles. The zero-order chi connectivity index (χ0) is 10.3. The summed E-state index contributed by atoms with van der Waals surface area (Å²) in [5.41, 5.74) is 3.91. The van der Waals surface area contributed by atoms with Crippen LogP contribution in [0.5, 0.6) is 0 Å². The third kappa shape index (κ3) is 1.44. The zero-order valence-electron chi connectivity index (χ0n) is 8.23. The van der Waals surface area contributed by atoms with Crippen LogP contribution in [0.4, 0.5) is 0 Å². The molecule has 72 valence electrons. The Morgan fingerprint density at radius 1 is 0.733 bits per heavy atom. The summed E-state index contributed by atoms with van der Waals surface area (Å²) in [6.07, 6.45) is 0. The Bertz CT molecular complexity index is 493. The van der Waals surface area contributed by atoms with Crippen LogP contribution in [0, 0.1) is 0 Å². The molecule has 0 N–H and O–H groups in total. The van der Waals surface area contributed by atoms with E-state index in [1.165, 1.54) is 23.9 Å². The van der Waals surface area contributed by atoms with Crippen molar-refractivity contribution in [2.75, 3.05) is 0 Å². The summed E-state index contributed by atoms with van der Waals surface area (Å²) >= 11 is -0.203. The van der Waals surface area contributed by atoms with Gasteiger partial charge in [-0.2, -0.15) is 0 Å². The first-order valence-corrected chi connectivity index (χ1v) is 7.25.